The Hall–Kier alpha value is -2.86. The summed E-state index contributed by atoms with van der Waals surface area (Å²) in [7, 11) is -3.61. The fraction of sp³-hybridized carbons (Fsp3) is 0.105. The minimum absolute atomic E-state index is 0.215. The minimum Gasteiger partial charge on any atom is -0.340 e. The number of hydrogen-bond acceptors (Lipinski definition) is 4. The van der Waals surface area contributed by atoms with Gasteiger partial charge in [-0.15, -0.1) is 0 Å². The molecule has 2 N–H and O–H groups in total. The number of aryl methyl sites for hydroxylation is 2. The van der Waals surface area contributed by atoms with Crippen molar-refractivity contribution < 1.29 is 8.42 Å². The van der Waals surface area contributed by atoms with E-state index in [0.717, 1.165) is 5.69 Å². The van der Waals surface area contributed by atoms with E-state index in [1.807, 2.05) is 18.2 Å². The zero-order chi connectivity index (χ0) is 17.9. The van der Waals surface area contributed by atoms with Gasteiger partial charge in [-0.1, -0.05) is 24.3 Å². The zero-order valence-electron chi connectivity index (χ0n) is 14.0. The third kappa shape index (κ3) is 4.16. The van der Waals surface area contributed by atoms with Gasteiger partial charge in [0, 0.05) is 5.69 Å². The second kappa shape index (κ2) is 6.94. The SMILES string of the molecule is Cc1ccc(Nc2ccc(NS(=O)(=O)c3ccccc3)cn2)cc1C. The van der Waals surface area contributed by atoms with Crippen LogP contribution in [-0.4, -0.2) is 13.4 Å². The molecular formula is C19H19N3O2S. The Balaban J connectivity index is 1.73. The molecule has 3 aromatic rings. The molecular weight excluding hydrogens is 334 g/mol. The van der Waals surface area contributed by atoms with Crippen molar-refractivity contribution in [2.24, 2.45) is 0 Å². The van der Waals surface area contributed by atoms with Gasteiger partial charge in [0.15, 0.2) is 0 Å². The van der Waals surface area contributed by atoms with Gasteiger partial charge >= 0.3 is 0 Å². The molecule has 0 radical (unpaired) electrons. The molecule has 0 spiro atoms. The van der Waals surface area contributed by atoms with Gasteiger partial charge in [0.25, 0.3) is 10.0 Å². The van der Waals surface area contributed by atoms with E-state index >= 15 is 0 Å². The Kier molecular flexibility index (Phi) is 4.72. The molecule has 0 fully saturated rings. The Labute approximate surface area is 147 Å². The summed E-state index contributed by atoms with van der Waals surface area (Å²) in [4.78, 5) is 4.48. The summed E-state index contributed by atoms with van der Waals surface area (Å²) < 4.78 is 27.1. The molecule has 0 aliphatic rings. The van der Waals surface area contributed by atoms with Gasteiger partial charge in [-0.2, -0.15) is 0 Å². The summed E-state index contributed by atoms with van der Waals surface area (Å²) in [5, 5.41) is 3.21. The second-order valence-electron chi connectivity index (χ2n) is 5.77. The zero-order valence-corrected chi connectivity index (χ0v) is 14.8. The van der Waals surface area contributed by atoms with Crippen molar-refractivity contribution in [2.45, 2.75) is 18.7 Å². The molecule has 6 heteroatoms. The van der Waals surface area contributed by atoms with Crippen LogP contribution in [0, 0.1) is 13.8 Å². The first-order valence-electron chi connectivity index (χ1n) is 7.82. The number of benzene rings is 2. The predicted octanol–water partition coefficient (Wildman–Crippen LogP) is 4.24. The third-order valence-corrected chi connectivity index (χ3v) is 5.25. The first-order chi connectivity index (χ1) is 11.9. The number of hydrogen-bond donors (Lipinski definition) is 2. The van der Waals surface area contributed by atoms with E-state index in [4.69, 9.17) is 0 Å². The van der Waals surface area contributed by atoms with Crippen LogP contribution in [0.1, 0.15) is 11.1 Å². The van der Waals surface area contributed by atoms with Crippen molar-refractivity contribution in [1.82, 2.24) is 4.98 Å². The number of sulfonamides is 1. The normalized spacial score (nSPS) is 11.1. The molecule has 1 heterocycles. The number of rotatable bonds is 5. The summed E-state index contributed by atoms with van der Waals surface area (Å²) >= 11 is 0. The highest BCUT2D eigenvalue weighted by atomic mass is 32.2. The molecule has 5 nitrogen and oxygen atoms in total. The molecule has 0 aliphatic carbocycles. The number of nitrogens with one attached hydrogen (secondary N) is 2. The van der Waals surface area contributed by atoms with E-state index in [2.05, 4.69) is 28.9 Å². The highest BCUT2D eigenvalue weighted by molar-refractivity contribution is 7.92. The van der Waals surface area contributed by atoms with Gasteiger partial charge in [0.05, 0.1) is 16.8 Å². The van der Waals surface area contributed by atoms with Crippen LogP contribution in [0.2, 0.25) is 0 Å². The minimum atomic E-state index is -3.61. The summed E-state index contributed by atoms with van der Waals surface area (Å²) in [6, 6.07) is 17.7. The lowest BCUT2D eigenvalue weighted by Gasteiger charge is -2.10. The average Bonchev–Trinajstić information content (AvgIpc) is 2.60. The fourth-order valence-corrected chi connectivity index (χ4v) is 3.37. The Morgan fingerprint density at radius 3 is 2.20 bits per heavy atom. The molecule has 0 unspecified atom stereocenters. The largest absolute Gasteiger partial charge is 0.340 e. The van der Waals surface area contributed by atoms with E-state index < -0.39 is 10.0 Å². The highest BCUT2D eigenvalue weighted by Crippen LogP contribution is 2.20. The van der Waals surface area contributed by atoms with Crippen molar-refractivity contribution in [2.75, 3.05) is 10.0 Å². The smallest absolute Gasteiger partial charge is 0.261 e. The molecule has 0 aliphatic heterocycles. The van der Waals surface area contributed by atoms with E-state index in [0.29, 0.717) is 11.5 Å². The lowest BCUT2D eigenvalue weighted by atomic mass is 10.1. The van der Waals surface area contributed by atoms with Crippen LogP contribution < -0.4 is 10.0 Å². The molecule has 3 rings (SSSR count). The van der Waals surface area contributed by atoms with Crippen molar-refractivity contribution in [3.05, 3.63) is 78.0 Å². The van der Waals surface area contributed by atoms with Gasteiger partial charge in [0.1, 0.15) is 5.82 Å². The number of anilines is 3. The third-order valence-electron chi connectivity index (χ3n) is 3.85. The van der Waals surface area contributed by atoms with Gasteiger partial charge in [-0.25, -0.2) is 13.4 Å². The molecule has 1 aromatic heterocycles. The van der Waals surface area contributed by atoms with Crippen LogP contribution in [0.3, 0.4) is 0 Å². The number of nitrogens with zero attached hydrogens (tertiary/aromatic N) is 1. The van der Waals surface area contributed by atoms with Crippen molar-refractivity contribution in [3.8, 4) is 0 Å². The van der Waals surface area contributed by atoms with Crippen LogP contribution in [-0.2, 0) is 10.0 Å². The second-order valence-corrected chi connectivity index (χ2v) is 7.46. The number of aromatic nitrogens is 1. The van der Waals surface area contributed by atoms with Crippen molar-refractivity contribution in [3.63, 3.8) is 0 Å². The first-order valence-corrected chi connectivity index (χ1v) is 9.30. The Morgan fingerprint density at radius 1 is 0.840 bits per heavy atom. The lowest BCUT2D eigenvalue weighted by Crippen LogP contribution is -2.13. The molecule has 0 amide bonds. The van der Waals surface area contributed by atoms with Crippen LogP contribution in [0.25, 0.3) is 0 Å². The summed E-state index contributed by atoms with van der Waals surface area (Å²) in [6.45, 7) is 4.11. The monoisotopic (exact) mass is 353 g/mol. The Morgan fingerprint density at radius 2 is 1.56 bits per heavy atom. The maximum absolute atomic E-state index is 12.3. The average molecular weight is 353 g/mol. The standard InChI is InChI=1S/C19H19N3O2S/c1-14-8-9-16(12-15(14)2)21-19-11-10-17(13-20-19)22-25(23,24)18-6-4-3-5-7-18/h3-13,22H,1-2H3,(H,20,21). The van der Waals surface area contributed by atoms with E-state index in [-0.39, 0.29) is 4.90 Å². The first kappa shape index (κ1) is 17.0. The Bertz CT molecular complexity index is 969. The van der Waals surface area contributed by atoms with Crippen molar-refractivity contribution in [1.29, 1.82) is 0 Å². The van der Waals surface area contributed by atoms with Crippen LogP contribution >= 0.6 is 0 Å². The molecule has 128 valence electrons. The summed E-state index contributed by atoms with van der Waals surface area (Å²) in [5.74, 6) is 0.644. The lowest BCUT2D eigenvalue weighted by molar-refractivity contribution is 0.601. The molecule has 0 saturated carbocycles. The van der Waals surface area contributed by atoms with E-state index in [9.17, 15) is 8.42 Å². The quantitative estimate of drug-likeness (QED) is 0.719. The molecule has 25 heavy (non-hydrogen) atoms. The van der Waals surface area contributed by atoms with E-state index in [1.165, 1.54) is 17.3 Å². The fourth-order valence-electron chi connectivity index (χ4n) is 2.31. The van der Waals surface area contributed by atoms with Crippen LogP contribution in [0.5, 0.6) is 0 Å². The maximum atomic E-state index is 12.3. The molecule has 2 aromatic carbocycles. The molecule has 0 atom stereocenters. The van der Waals surface area contributed by atoms with Crippen LogP contribution in [0.4, 0.5) is 17.2 Å². The van der Waals surface area contributed by atoms with Gasteiger partial charge in [-0.3, -0.25) is 4.72 Å². The maximum Gasteiger partial charge on any atom is 0.261 e. The summed E-state index contributed by atoms with van der Waals surface area (Å²) in [5.41, 5.74) is 3.77. The topological polar surface area (TPSA) is 71.1 Å². The van der Waals surface area contributed by atoms with Gasteiger partial charge in [0.2, 0.25) is 0 Å². The van der Waals surface area contributed by atoms with Gasteiger partial charge < -0.3 is 5.32 Å². The van der Waals surface area contributed by atoms with Crippen LogP contribution in [0.15, 0.2) is 71.8 Å². The van der Waals surface area contributed by atoms with Crippen molar-refractivity contribution >= 4 is 27.2 Å². The predicted molar refractivity (Wildman–Crippen MR) is 101 cm³/mol. The summed E-state index contributed by atoms with van der Waals surface area (Å²) in [6.07, 6.45) is 1.49. The molecule has 0 bridgehead atoms. The molecule has 0 saturated heterocycles. The number of pyridine rings is 1. The van der Waals surface area contributed by atoms with Gasteiger partial charge in [-0.05, 0) is 61.4 Å². The highest BCUT2D eigenvalue weighted by Gasteiger charge is 2.13. The van der Waals surface area contributed by atoms with E-state index in [1.54, 1.807) is 42.5 Å².